The molecule has 4 rings (SSSR count). The maximum absolute atomic E-state index is 14.4. The zero-order valence-electron chi connectivity index (χ0n) is 19.5. The van der Waals surface area contributed by atoms with Crippen molar-refractivity contribution in [1.82, 2.24) is 4.90 Å². The van der Waals surface area contributed by atoms with Crippen molar-refractivity contribution in [2.75, 3.05) is 45.2 Å². The highest BCUT2D eigenvalue weighted by atomic mass is 19.1. The summed E-state index contributed by atoms with van der Waals surface area (Å²) in [6.07, 6.45) is 2.93. The van der Waals surface area contributed by atoms with Crippen LogP contribution in [0, 0.1) is 5.82 Å². The number of likely N-dealkylation sites (N-methyl/N-ethyl adjacent to an activating group) is 1. The van der Waals surface area contributed by atoms with Gasteiger partial charge in [0.05, 0.1) is 13.7 Å². The molecule has 1 aliphatic rings. The molecule has 3 aromatic carbocycles. The zero-order valence-corrected chi connectivity index (χ0v) is 19.5. The molecule has 1 N–H and O–H groups in total. The third-order valence-corrected chi connectivity index (χ3v) is 6.17. The summed E-state index contributed by atoms with van der Waals surface area (Å²) in [4.78, 5) is 17.9. The van der Waals surface area contributed by atoms with Crippen LogP contribution in [0.3, 0.4) is 0 Å². The van der Waals surface area contributed by atoms with Gasteiger partial charge in [-0.3, -0.25) is 4.79 Å². The number of aliphatic hydroxyl groups excluding tert-OH is 1. The number of hydrogen-bond acceptors (Lipinski definition) is 5. The average Bonchev–Trinajstić information content (AvgIpc) is 2.88. The van der Waals surface area contributed by atoms with E-state index in [0.717, 1.165) is 48.6 Å². The minimum atomic E-state index is -0.447. The number of piperazine rings is 1. The number of hydrogen-bond donors (Lipinski definition) is 1. The summed E-state index contributed by atoms with van der Waals surface area (Å²) in [6.45, 7) is 3.44. The van der Waals surface area contributed by atoms with Crippen molar-refractivity contribution >= 4 is 17.5 Å². The van der Waals surface area contributed by atoms with Gasteiger partial charge in [0.1, 0.15) is 11.6 Å². The minimum Gasteiger partial charge on any atom is -0.497 e. The molecule has 3 aromatic rings. The molecule has 1 fully saturated rings. The molecule has 0 saturated carbocycles. The lowest BCUT2D eigenvalue weighted by molar-refractivity contribution is 0.104. The molecule has 5 nitrogen and oxygen atoms in total. The molecule has 1 heterocycles. The fraction of sp³-hybridized carbons (Fsp3) is 0.250. The molecule has 176 valence electrons. The van der Waals surface area contributed by atoms with Crippen LogP contribution in [0.25, 0.3) is 17.2 Å². The summed E-state index contributed by atoms with van der Waals surface area (Å²) in [7, 11) is 3.57. The Hall–Kier alpha value is -3.48. The van der Waals surface area contributed by atoms with Gasteiger partial charge in [0.25, 0.3) is 0 Å². The molecule has 6 heteroatoms. The smallest absolute Gasteiger partial charge is 0.187 e. The molecule has 0 aromatic heterocycles. The second-order valence-electron chi connectivity index (χ2n) is 8.47. The van der Waals surface area contributed by atoms with Crippen molar-refractivity contribution in [3.8, 4) is 16.9 Å². The Labute approximate surface area is 199 Å². The SMILES string of the molecule is COc1ccc(/C=C/C(=O)c2cc(-c3cccc(CO)c3)ccc2N2CCN(C)CC2)c(F)c1. The van der Waals surface area contributed by atoms with E-state index in [-0.39, 0.29) is 12.4 Å². The Morgan fingerprint density at radius 3 is 2.50 bits per heavy atom. The Kier molecular flexibility index (Phi) is 7.40. The molecule has 0 amide bonds. The van der Waals surface area contributed by atoms with Gasteiger partial charge in [-0.25, -0.2) is 4.39 Å². The molecule has 0 aliphatic carbocycles. The summed E-state index contributed by atoms with van der Waals surface area (Å²) in [5, 5.41) is 9.51. The molecule has 0 unspecified atom stereocenters. The maximum atomic E-state index is 14.4. The highest BCUT2D eigenvalue weighted by molar-refractivity contribution is 6.11. The van der Waals surface area contributed by atoms with E-state index in [9.17, 15) is 14.3 Å². The summed E-state index contributed by atoms with van der Waals surface area (Å²) in [5.74, 6) is -0.210. The van der Waals surface area contributed by atoms with E-state index in [1.165, 1.54) is 25.3 Å². The Morgan fingerprint density at radius 2 is 1.79 bits per heavy atom. The number of carbonyl (C=O) groups is 1. The van der Waals surface area contributed by atoms with Crippen LogP contribution in [0.1, 0.15) is 21.5 Å². The van der Waals surface area contributed by atoms with Gasteiger partial charge in [0.2, 0.25) is 0 Å². The summed E-state index contributed by atoms with van der Waals surface area (Å²) < 4.78 is 19.4. The van der Waals surface area contributed by atoms with Gasteiger partial charge < -0.3 is 19.6 Å². The summed E-state index contributed by atoms with van der Waals surface area (Å²) in [5.41, 5.74) is 4.39. The molecule has 0 bridgehead atoms. The lowest BCUT2D eigenvalue weighted by Gasteiger charge is -2.35. The standard InChI is InChI=1S/C28H29FN2O3/c1-30-12-14-31(15-13-30)27-10-7-23(22-5-3-4-20(16-22)19-32)17-25(27)28(33)11-8-21-6-9-24(34-2)18-26(21)29/h3-11,16-18,32H,12-15,19H2,1-2H3/b11-8+. The van der Waals surface area contributed by atoms with Crippen molar-refractivity contribution < 1.29 is 19.0 Å². The predicted octanol–water partition coefficient (Wildman–Crippen LogP) is 4.64. The van der Waals surface area contributed by atoms with Crippen molar-refractivity contribution in [1.29, 1.82) is 0 Å². The van der Waals surface area contributed by atoms with E-state index in [4.69, 9.17) is 4.74 Å². The van der Waals surface area contributed by atoms with Crippen molar-refractivity contribution in [2.45, 2.75) is 6.61 Å². The second kappa shape index (κ2) is 10.6. The number of aliphatic hydroxyl groups is 1. The Morgan fingerprint density at radius 1 is 1.03 bits per heavy atom. The first kappa shape index (κ1) is 23.7. The van der Waals surface area contributed by atoms with Crippen LogP contribution in [-0.4, -0.2) is 56.1 Å². The van der Waals surface area contributed by atoms with Gasteiger partial charge in [0, 0.05) is 49.1 Å². The van der Waals surface area contributed by atoms with Crippen LogP contribution in [0.4, 0.5) is 10.1 Å². The van der Waals surface area contributed by atoms with E-state index < -0.39 is 5.82 Å². The first-order chi connectivity index (χ1) is 16.5. The zero-order chi connectivity index (χ0) is 24.1. The number of methoxy groups -OCH3 is 1. The molecule has 0 atom stereocenters. The third-order valence-electron chi connectivity index (χ3n) is 6.17. The quantitative estimate of drug-likeness (QED) is 0.411. The van der Waals surface area contributed by atoms with Crippen molar-refractivity contribution in [2.24, 2.45) is 0 Å². The van der Waals surface area contributed by atoms with E-state index in [1.807, 2.05) is 42.5 Å². The number of nitrogens with zero attached hydrogens (tertiary/aromatic N) is 2. The number of carbonyl (C=O) groups excluding carboxylic acids is 1. The van der Waals surface area contributed by atoms with Gasteiger partial charge in [-0.1, -0.05) is 24.3 Å². The van der Waals surface area contributed by atoms with Gasteiger partial charge in [-0.05, 0) is 66.2 Å². The van der Waals surface area contributed by atoms with Gasteiger partial charge >= 0.3 is 0 Å². The summed E-state index contributed by atoms with van der Waals surface area (Å²) >= 11 is 0. The largest absolute Gasteiger partial charge is 0.497 e. The van der Waals surface area contributed by atoms with E-state index in [2.05, 4.69) is 16.8 Å². The van der Waals surface area contributed by atoms with Crippen molar-refractivity contribution in [3.63, 3.8) is 0 Å². The van der Waals surface area contributed by atoms with E-state index in [0.29, 0.717) is 16.9 Å². The van der Waals surface area contributed by atoms with Crippen LogP contribution < -0.4 is 9.64 Å². The first-order valence-corrected chi connectivity index (χ1v) is 11.3. The Balaban J connectivity index is 1.70. The normalized spacial score (nSPS) is 14.5. The van der Waals surface area contributed by atoms with E-state index in [1.54, 1.807) is 12.1 Å². The van der Waals surface area contributed by atoms with Gasteiger partial charge in [-0.15, -0.1) is 0 Å². The number of halogens is 1. The molecule has 34 heavy (non-hydrogen) atoms. The Bertz CT molecular complexity index is 1200. The number of rotatable bonds is 7. The molecule has 0 radical (unpaired) electrons. The van der Waals surface area contributed by atoms with Crippen molar-refractivity contribution in [3.05, 3.63) is 89.2 Å². The lowest BCUT2D eigenvalue weighted by atomic mass is 9.97. The minimum absolute atomic E-state index is 0.0465. The monoisotopic (exact) mass is 460 g/mol. The molecule has 1 saturated heterocycles. The van der Waals surface area contributed by atoms with Gasteiger partial charge in [0.15, 0.2) is 5.78 Å². The van der Waals surface area contributed by atoms with Crippen LogP contribution in [-0.2, 0) is 6.61 Å². The number of allylic oxidation sites excluding steroid dienone is 1. The summed E-state index contributed by atoms with van der Waals surface area (Å²) in [6, 6.07) is 18.1. The predicted molar refractivity (Wildman–Crippen MR) is 134 cm³/mol. The molecule has 1 aliphatic heterocycles. The highest BCUT2D eigenvalue weighted by Crippen LogP contribution is 2.30. The van der Waals surface area contributed by atoms with Gasteiger partial charge in [-0.2, -0.15) is 0 Å². The third kappa shape index (κ3) is 5.35. The molecular weight excluding hydrogens is 431 g/mol. The van der Waals surface area contributed by atoms with Crippen LogP contribution >= 0.6 is 0 Å². The first-order valence-electron chi connectivity index (χ1n) is 11.3. The fourth-order valence-corrected chi connectivity index (χ4v) is 4.11. The number of anilines is 1. The topological polar surface area (TPSA) is 53.0 Å². The number of benzene rings is 3. The average molecular weight is 461 g/mol. The van der Waals surface area contributed by atoms with E-state index >= 15 is 0 Å². The fourth-order valence-electron chi connectivity index (χ4n) is 4.11. The number of ether oxygens (including phenoxy) is 1. The lowest BCUT2D eigenvalue weighted by Crippen LogP contribution is -2.45. The highest BCUT2D eigenvalue weighted by Gasteiger charge is 2.20. The second-order valence-corrected chi connectivity index (χ2v) is 8.47. The molecular formula is C28H29FN2O3. The maximum Gasteiger partial charge on any atom is 0.187 e. The molecule has 0 spiro atoms. The number of ketones is 1. The van der Waals surface area contributed by atoms with Crippen LogP contribution in [0.15, 0.2) is 66.7 Å². The van der Waals surface area contributed by atoms with Crippen LogP contribution in [0.2, 0.25) is 0 Å². The van der Waals surface area contributed by atoms with Crippen LogP contribution in [0.5, 0.6) is 5.75 Å².